The number of hydrogen-bond donors (Lipinski definition) is 5. The van der Waals surface area contributed by atoms with Crippen LogP contribution in [0.5, 0.6) is 0 Å². The van der Waals surface area contributed by atoms with Crippen molar-refractivity contribution in [2.75, 3.05) is 0 Å². The zero-order valence-electron chi connectivity index (χ0n) is 15.5. The number of nitrogens with one attached hydrogen (secondary N) is 4. The Morgan fingerprint density at radius 3 is 2.21 bits per heavy atom. The molecule has 0 aromatic heterocycles. The monoisotopic (exact) mass is 384 g/mol. The SMILES string of the molecule is N=C(NO)c1cccc(C2NC(=O)NC(c3ccccc3)=C2c2ccccc2)c1. The van der Waals surface area contributed by atoms with Gasteiger partial charge in [-0.1, -0.05) is 78.9 Å². The zero-order chi connectivity index (χ0) is 20.2. The number of urea groups is 1. The highest BCUT2D eigenvalue weighted by atomic mass is 16.5. The average molecular weight is 384 g/mol. The number of benzene rings is 3. The summed E-state index contributed by atoms with van der Waals surface area (Å²) in [6.45, 7) is 0. The molecule has 6 nitrogen and oxygen atoms in total. The Balaban J connectivity index is 1.92. The topological polar surface area (TPSA) is 97.2 Å². The van der Waals surface area contributed by atoms with E-state index in [0.29, 0.717) is 5.56 Å². The number of amides is 2. The molecule has 0 saturated heterocycles. The van der Waals surface area contributed by atoms with Crippen molar-refractivity contribution in [1.82, 2.24) is 16.1 Å². The summed E-state index contributed by atoms with van der Waals surface area (Å²) in [6.07, 6.45) is 0. The molecule has 29 heavy (non-hydrogen) atoms. The molecule has 144 valence electrons. The molecule has 4 rings (SSSR count). The summed E-state index contributed by atoms with van der Waals surface area (Å²) in [7, 11) is 0. The van der Waals surface area contributed by atoms with Gasteiger partial charge >= 0.3 is 6.03 Å². The Morgan fingerprint density at radius 1 is 0.897 bits per heavy atom. The van der Waals surface area contributed by atoms with Crippen LogP contribution in [0.2, 0.25) is 0 Å². The fourth-order valence-electron chi connectivity index (χ4n) is 3.51. The standard InChI is InChI=1S/C23H20N4O2/c24-22(27-29)18-13-7-12-17(14-18)21-19(15-8-3-1-4-9-15)20(25-23(28)26-21)16-10-5-2-6-11-16/h1-14,21,29H,(H2,24,27)(H2,25,26,28). The van der Waals surface area contributed by atoms with E-state index in [0.717, 1.165) is 28.0 Å². The summed E-state index contributed by atoms with van der Waals surface area (Å²) in [5.41, 5.74) is 6.75. The Morgan fingerprint density at radius 2 is 1.55 bits per heavy atom. The van der Waals surface area contributed by atoms with Crippen molar-refractivity contribution in [3.8, 4) is 0 Å². The van der Waals surface area contributed by atoms with E-state index >= 15 is 0 Å². The van der Waals surface area contributed by atoms with Gasteiger partial charge in [0, 0.05) is 11.1 Å². The molecule has 0 fully saturated rings. The fourth-order valence-corrected chi connectivity index (χ4v) is 3.51. The van der Waals surface area contributed by atoms with Gasteiger partial charge in [0.1, 0.15) is 5.84 Å². The molecule has 3 aromatic carbocycles. The molecule has 0 bridgehead atoms. The number of rotatable bonds is 4. The molecule has 0 radical (unpaired) electrons. The van der Waals surface area contributed by atoms with Crippen LogP contribution in [0.4, 0.5) is 4.79 Å². The maximum absolute atomic E-state index is 12.5. The molecule has 0 spiro atoms. The number of carbonyl (C=O) groups is 1. The Bertz CT molecular complexity index is 1080. The smallest absolute Gasteiger partial charge is 0.320 e. The molecule has 5 N–H and O–H groups in total. The van der Waals surface area contributed by atoms with Crippen molar-refractivity contribution in [2.24, 2.45) is 0 Å². The summed E-state index contributed by atoms with van der Waals surface area (Å²) >= 11 is 0. The first kappa shape index (κ1) is 18.5. The third kappa shape index (κ3) is 3.74. The fraction of sp³-hybridized carbons (Fsp3) is 0.0435. The van der Waals surface area contributed by atoms with E-state index in [9.17, 15) is 4.79 Å². The second-order valence-electron chi connectivity index (χ2n) is 6.66. The van der Waals surface area contributed by atoms with Crippen LogP contribution in [0.25, 0.3) is 11.3 Å². The van der Waals surface area contributed by atoms with Crippen molar-refractivity contribution >= 4 is 23.1 Å². The van der Waals surface area contributed by atoms with Gasteiger partial charge in [-0.25, -0.2) is 4.79 Å². The van der Waals surface area contributed by atoms with E-state index < -0.39 is 6.04 Å². The summed E-state index contributed by atoms with van der Waals surface area (Å²) in [5.74, 6) is -0.111. The minimum Gasteiger partial charge on any atom is -0.327 e. The normalized spacial score (nSPS) is 16.0. The average Bonchev–Trinajstić information content (AvgIpc) is 2.79. The van der Waals surface area contributed by atoms with E-state index in [1.165, 1.54) is 0 Å². The lowest BCUT2D eigenvalue weighted by Crippen LogP contribution is -2.43. The van der Waals surface area contributed by atoms with Crippen molar-refractivity contribution in [3.05, 3.63) is 107 Å². The maximum atomic E-state index is 12.5. The van der Waals surface area contributed by atoms with Gasteiger partial charge in [-0.3, -0.25) is 16.1 Å². The number of amidine groups is 1. The molecule has 1 heterocycles. The number of carbonyl (C=O) groups excluding carboxylic acids is 1. The van der Waals surface area contributed by atoms with Crippen LogP contribution in [-0.4, -0.2) is 17.1 Å². The Labute approximate surface area is 168 Å². The number of hydroxylamine groups is 1. The van der Waals surface area contributed by atoms with E-state index in [1.807, 2.05) is 72.2 Å². The van der Waals surface area contributed by atoms with Gasteiger partial charge in [-0.2, -0.15) is 0 Å². The molecule has 1 unspecified atom stereocenters. The highest BCUT2D eigenvalue weighted by Gasteiger charge is 2.30. The molecule has 1 atom stereocenters. The minimum atomic E-state index is -0.423. The molecular formula is C23H20N4O2. The van der Waals surface area contributed by atoms with Crippen LogP contribution in [0.1, 0.15) is 28.3 Å². The highest BCUT2D eigenvalue weighted by molar-refractivity contribution is 6.03. The third-order valence-electron chi connectivity index (χ3n) is 4.84. The van der Waals surface area contributed by atoms with E-state index in [4.69, 9.17) is 10.6 Å². The van der Waals surface area contributed by atoms with Crippen LogP contribution in [0.3, 0.4) is 0 Å². The van der Waals surface area contributed by atoms with E-state index in [-0.39, 0.29) is 11.9 Å². The Hall–Kier alpha value is -3.90. The first-order valence-electron chi connectivity index (χ1n) is 9.19. The third-order valence-corrected chi connectivity index (χ3v) is 4.84. The van der Waals surface area contributed by atoms with Gasteiger partial charge in [0.2, 0.25) is 0 Å². The lowest BCUT2D eigenvalue weighted by molar-refractivity contribution is 0.234. The highest BCUT2D eigenvalue weighted by Crippen LogP contribution is 2.38. The van der Waals surface area contributed by atoms with Crippen molar-refractivity contribution in [2.45, 2.75) is 6.04 Å². The molecule has 0 aliphatic carbocycles. The summed E-state index contributed by atoms with van der Waals surface area (Å²) < 4.78 is 0. The predicted octanol–water partition coefficient (Wildman–Crippen LogP) is 3.91. The maximum Gasteiger partial charge on any atom is 0.320 e. The molecule has 2 amide bonds. The van der Waals surface area contributed by atoms with Crippen molar-refractivity contribution in [1.29, 1.82) is 5.41 Å². The van der Waals surface area contributed by atoms with Gasteiger partial charge in [0.15, 0.2) is 0 Å². The van der Waals surface area contributed by atoms with Crippen LogP contribution in [0.15, 0.2) is 84.9 Å². The molecule has 0 saturated carbocycles. The number of hydrogen-bond acceptors (Lipinski definition) is 3. The summed E-state index contributed by atoms with van der Waals surface area (Å²) in [4.78, 5) is 12.5. The van der Waals surface area contributed by atoms with Gasteiger partial charge in [0.05, 0.1) is 11.7 Å². The van der Waals surface area contributed by atoms with Crippen molar-refractivity contribution < 1.29 is 10.0 Å². The van der Waals surface area contributed by atoms with Crippen molar-refractivity contribution in [3.63, 3.8) is 0 Å². The van der Waals surface area contributed by atoms with Gasteiger partial charge in [-0.15, -0.1) is 0 Å². The van der Waals surface area contributed by atoms with Gasteiger partial charge in [-0.05, 0) is 22.8 Å². The second-order valence-corrected chi connectivity index (χ2v) is 6.66. The molecule has 1 aliphatic rings. The van der Waals surface area contributed by atoms with Crippen LogP contribution in [0, 0.1) is 5.41 Å². The van der Waals surface area contributed by atoms with Gasteiger partial charge < -0.3 is 10.6 Å². The van der Waals surface area contributed by atoms with Crippen LogP contribution >= 0.6 is 0 Å². The van der Waals surface area contributed by atoms with Crippen LogP contribution in [-0.2, 0) is 0 Å². The van der Waals surface area contributed by atoms with E-state index in [1.54, 1.807) is 18.2 Å². The first-order chi connectivity index (χ1) is 14.2. The quantitative estimate of drug-likeness (QED) is 0.268. The first-order valence-corrected chi connectivity index (χ1v) is 9.19. The summed E-state index contributed by atoms with van der Waals surface area (Å²) in [5, 5.41) is 22.9. The summed E-state index contributed by atoms with van der Waals surface area (Å²) in [6, 6.07) is 26.1. The zero-order valence-corrected chi connectivity index (χ0v) is 15.5. The van der Waals surface area contributed by atoms with Crippen LogP contribution < -0.4 is 16.1 Å². The lowest BCUT2D eigenvalue weighted by Gasteiger charge is -2.31. The predicted molar refractivity (Wildman–Crippen MR) is 112 cm³/mol. The molecular weight excluding hydrogens is 364 g/mol. The minimum absolute atomic E-state index is 0.111. The molecule has 6 heteroatoms. The van der Waals surface area contributed by atoms with Gasteiger partial charge in [0.25, 0.3) is 0 Å². The Kier molecular flexibility index (Phi) is 5.09. The molecule has 3 aromatic rings. The van der Waals surface area contributed by atoms with E-state index in [2.05, 4.69) is 10.6 Å². The molecule has 1 aliphatic heterocycles. The largest absolute Gasteiger partial charge is 0.327 e. The second kappa shape index (κ2) is 8.00. The lowest BCUT2D eigenvalue weighted by atomic mass is 9.87.